The van der Waals surface area contributed by atoms with Crippen molar-refractivity contribution in [3.05, 3.63) is 42.0 Å². The van der Waals surface area contributed by atoms with Gasteiger partial charge in [-0.2, -0.15) is 0 Å². The number of aliphatic carboxylic acids is 2. The molecule has 1 aromatic carbocycles. The zero-order chi connectivity index (χ0) is 19.5. The lowest BCUT2D eigenvalue weighted by Crippen LogP contribution is -2.45. The van der Waals surface area contributed by atoms with Crippen LogP contribution in [0.25, 0.3) is 0 Å². The van der Waals surface area contributed by atoms with Gasteiger partial charge < -0.3 is 19.8 Å². The van der Waals surface area contributed by atoms with Gasteiger partial charge >= 0.3 is 11.9 Å². The molecule has 0 atom stereocenters. The van der Waals surface area contributed by atoms with Crippen molar-refractivity contribution in [3.63, 3.8) is 0 Å². The summed E-state index contributed by atoms with van der Waals surface area (Å²) < 4.78 is 5.97. The van der Waals surface area contributed by atoms with Crippen LogP contribution in [0.4, 0.5) is 0 Å². The zero-order valence-corrected chi connectivity index (χ0v) is 15.5. The Morgan fingerprint density at radius 1 is 1.19 bits per heavy atom. The Balaban J connectivity index is 0.000000487. The average molecular weight is 364 g/mol. The summed E-state index contributed by atoms with van der Waals surface area (Å²) in [6.45, 7) is 12.3. The van der Waals surface area contributed by atoms with Gasteiger partial charge in [0.2, 0.25) is 0 Å². The van der Waals surface area contributed by atoms with E-state index in [1.165, 1.54) is 11.1 Å². The second-order valence-corrected chi connectivity index (χ2v) is 6.21. The van der Waals surface area contributed by atoms with Crippen LogP contribution < -0.4 is 4.74 Å². The molecule has 0 spiro atoms. The Morgan fingerprint density at radius 3 is 2.35 bits per heavy atom. The largest absolute Gasteiger partial charge is 0.492 e. The van der Waals surface area contributed by atoms with Crippen LogP contribution >= 0.6 is 0 Å². The second kappa shape index (κ2) is 11.3. The van der Waals surface area contributed by atoms with Crippen LogP contribution in [0.1, 0.15) is 11.1 Å². The molecule has 0 aromatic heterocycles. The lowest BCUT2D eigenvalue weighted by atomic mass is 10.1. The number of hydrogen-bond donors (Lipinski definition) is 2. The maximum atomic E-state index is 9.10. The molecule has 144 valence electrons. The lowest BCUT2D eigenvalue weighted by Gasteiger charge is -2.32. The topological polar surface area (TPSA) is 90.3 Å². The number of rotatable bonds is 6. The number of carboxylic acids is 2. The van der Waals surface area contributed by atoms with Crippen LogP contribution in [-0.2, 0) is 16.0 Å². The number of benzene rings is 1. The summed E-state index contributed by atoms with van der Waals surface area (Å²) in [5, 5.41) is 14.8. The highest BCUT2D eigenvalue weighted by Crippen LogP contribution is 2.21. The maximum absolute atomic E-state index is 9.10. The molecule has 0 radical (unpaired) electrons. The van der Waals surface area contributed by atoms with Gasteiger partial charge in [-0.1, -0.05) is 23.8 Å². The molecule has 7 nitrogen and oxygen atoms in total. The summed E-state index contributed by atoms with van der Waals surface area (Å²) in [4.78, 5) is 23.0. The van der Waals surface area contributed by atoms with Crippen molar-refractivity contribution < 1.29 is 24.5 Å². The molecule has 7 heteroatoms. The number of carbonyl (C=O) groups is 2. The normalized spacial score (nSPS) is 14.8. The van der Waals surface area contributed by atoms with Crippen molar-refractivity contribution in [1.29, 1.82) is 0 Å². The first-order valence-corrected chi connectivity index (χ1v) is 8.53. The molecule has 2 N–H and O–H groups in total. The van der Waals surface area contributed by atoms with Crippen molar-refractivity contribution >= 4 is 11.9 Å². The van der Waals surface area contributed by atoms with E-state index in [0.717, 1.165) is 51.5 Å². The summed E-state index contributed by atoms with van der Waals surface area (Å²) >= 11 is 0. The highest BCUT2D eigenvalue weighted by molar-refractivity contribution is 6.27. The van der Waals surface area contributed by atoms with Crippen LogP contribution in [0.5, 0.6) is 5.75 Å². The van der Waals surface area contributed by atoms with Crippen LogP contribution in [0, 0.1) is 6.92 Å². The van der Waals surface area contributed by atoms with Crippen LogP contribution in [-0.4, -0.2) is 78.3 Å². The molecule has 26 heavy (non-hydrogen) atoms. The van der Waals surface area contributed by atoms with Crippen LogP contribution in [0.15, 0.2) is 30.9 Å². The van der Waals surface area contributed by atoms with Crippen molar-refractivity contribution in [2.75, 3.05) is 46.4 Å². The molecule has 0 aliphatic carbocycles. The minimum Gasteiger partial charge on any atom is -0.492 e. The van der Waals surface area contributed by atoms with Gasteiger partial charge in [0.25, 0.3) is 0 Å². The molecule has 1 fully saturated rings. The van der Waals surface area contributed by atoms with E-state index in [4.69, 9.17) is 24.5 Å². The van der Waals surface area contributed by atoms with E-state index in [0.29, 0.717) is 0 Å². The number of nitrogens with zero attached hydrogens (tertiary/aromatic N) is 2. The van der Waals surface area contributed by atoms with E-state index in [2.05, 4.69) is 48.5 Å². The molecule has 1 aliphatic heterocycles. The summed E-state index contributed by atoms with van der Waals surface area (Å²) in [5.74, 6) is -2.64. The Kier molecular flexibility index (Phi) is 9.40. The highest BCUT2D eigenvalue weighted by Gasteiger charge is 2.13. The van der Waals surface area contributed by atoms with E-state index in [-0.39, 0.29) is 0 Å². The lowest BCUT2D eigenvalue weighted by molar-refractivity contribution is -0.159. The molecule has 1 aliphatic rings. The summed E-state index contributed by atoms with van der Waals surface area (Å²) in [6, 6.07) is 6.38. The number of likely N-dealkylation sites (N-methyl/N-ethyl adjacent to an activating group) is 1. The Hall–Kier alpha value is -2.38. The van der Waals surface area contributed by atoms with E-state index >= 15 is 0 Å². The number of aryl methyl sites for hydroxylation is 1. The summed E-state index contributed by atoms with van der Waals surface area (Å²) in [6.07, 6.45) is 2.80. The van der Waals surface area contributed by atoms with E-state index in [1.807, 2.05) is 6.08 Å². The quantitative estimate of drug-likeness (QED) is 0.584. The van der Waals surface area contributed by atoms with Crippen molar-refractivity contribution in [3.8, 4) is 5.75 Å². The van der Waals surface area contributed by atoms with Crippen molar-refractivity contribution in [2.45, 2.75) is 13.3 Å². The minimum atomic E-state index is -1.82. The number of carboxylic acid groups (broad SMARTS) is 2. The zero-order valence-electron chi connectivity index (χ0n) is 15.5. The molecule has 0 amide bonds. The van der Waals surface area contributed by atoms with E-state index in [9.17, 15) is 0 Å². The Labute approximate surface area is 154 Å². The summed E-state index contributed by atoms with van der Waals surface area (Å²) in [5.41, 5.74) is 2.51. The predicted octanol–water partition coefficient (Wildman–Crippen LogP) is 1.51. The number of piperazine rings is 1. The monoisotopic (exact) mass is 364 g/mol. The first-order valence-electron chi connectivity index (χ1n) is 8.53. The number of hydrogen-bond acceptors (Lipinski definition) is 5. The van der Waals surface area contributed by atoms with Gasteiger partial charge in [-0.25, -0.2) is 9.59 Å². The van der Waals surface area contributed by atoms with Gasteiger partial charge in [0.1, 0.15) is 12.4 Å². The minimum absolute atomic E-state index is 0.761. The summed E-state index contributed by atoms with van der Waals surface area (Å²) in [7, 11) is 2.18. The predicted molar refractivity (Wildman–Crippen MR) is 99.8 cm³/mol. The van der Waals surface area contributed by atoms with Crippen molar-refractivity contribution in [2.24, 2.45) is 0 Å². The third-order valence-corrected chi connectivity index (χ3v) is 4.02. The van der Waals surface area contributed by atoms with Crippen LogP contribution in [0.3, 0.4) is 0 Å². The Bertz CT molecular complexity index is 598. The van der Waals surface area contributed by atoms with Gasteiger partial charge in [-0.05, 0) is 32.0 Å². The maximum Gasteiger partial charge on any atom is 0.414 e. The molecule has 0 saturated carbocycles. The molecule has 0 bridgehead atoms. The smallest absolute Gasteiger partial charge is 0.414 e. The number of allylic oxidation sites excluding steroid dienone is 1. The Morgan fingerprint density at radius 2 is 1.81 bits per heavy atom. The second-order valence-electron chi connectivity index (χ2n) is 6.21. The standard InChI is InChI=1S/C17H26N2O.C2H2O4/c1-4-5-16-14-15(2)6-7-17(16)20-13-12-19-10-8-18(3)9-11-19;3-1(4)2(5)6/h4,6-7,14H,1,5,8-13H2,2-3H3;(H,3,4)(H,5,6). The molecule has 1 heterocycles. The molecular weight excluding hydrogens is 336 g/mol. The van der Waals surface area contributed by atoms with Crippen LogP contribution in [0.2, 0.25) is 0 Å². The molecule has 2 rings (SSSR count). The van der Waals surface area contributed by atoms with Gasteiger partial charge in [-0.3, -0.25) is 4.90 Å². The molecule has 1 aromatic rings. The SMILES string of the molecule is C=CCc1cc(C)ccc1OCCN1CCN(C)CC1.O=C(O)C(=O)O. The van der Waals surface area contributed by atoms with Gasteiger partial charge in [-0.15, -0.1) is 6.58 Å². The fraction of sp³-hybridized carbons (Fsp3) is 0.474. The molecular formula is C19H28N2O5. The third kappa shape index (κ3) is 8.13. The molecule has 1 saturated heterocycles. The van der Waals surface area contributed by atoms with Gasteiger partial charge in [0, 0.05) is 32.7 Å². The number of ether oxygens (including phenoxy) is 1. The van der Waals surface area contributed by atoms with E-state index in [1.54, 1.807) is 0 Å². The van der Waals surface area contributed by atoms with Crippen molar-refractivity contribution in [1.82, 2.24) is 9.80 Å². The van der Waals surface area contributed by atoms with Gasteiger partial charge in [0.05, 0.1) is 0 Å². The first-order chi connectivity index (χ1) is 12.3. The average Bonchev–Trinajstić information content (AvgIpc) is 2.59. The fourth-order valence-electron chi connectivity index (χ4n) is 2.52. The highest BCUT2D eigenvalue weighted by atomic mass is 16.5. The third-order valence-electron chi connectivity index (χ3n) is 4.02. The van der Waals surface area contributed by atoms with Gasteiger partial charge in [0.15, 0.2) is 0 Å². The van der Waals surface area contributed by atoms with E-state index < -0.39 is 11.9 Å². The molecule has 0 unspecified atom stereocenters. The first kappa shape index (κ1) is 21.7. The fourth-order valence-corrected chi connectivity index (χ4v) is 2.52.